The zero-order valence-corrected chi connectivity index (χ0v) is 5.81. The number of aromatic nitrogens is 3. The Balaban J connectivity index is 2.46. The quantitative estimate of drug-likeness (QED) is 0.599. The molecule has 2 rings (SSSR count). The Kier molecular flexibility index (Phi) is 1.41. The van der Waals surface area contributed by atoms with Crippen LogP contribution < -0.4 is 0 Å². The molecule has 1 aromatic heterocycles. The van der Waals surface area contributed by atoms with E-state index in [1.165, 1.54) is 0 Å². The SMILES string of the molecule is [c]1ccc(-n2cnnc2)cc1. The van der Waals surface area contributed by atoms with Gasteiger partial charge in [0.25, 0.3) is 0 Å². The Bertz CT molecular complexity index is 312. The summed E-state index contributed by atoms with van der Waals surface area (Å²) < 4.78 is 1.84. The van der Waals surface area contributed by atoms with Crippen LogP contribution in [0.3, 0.4) is 0 Å². The van der Waals surface area contributed by atoms with Crippen LogP contribution in [0.5, 0.6) is 0 Å². The summed E-state index contributed by atoms with van der Waals surface area (Å²) in [5, 5.41) is 7.40. The molecule has 1 heterocycles. The van der Waals surface area contributed by atoms with Crippen LogP contribution in [0, 0.1) is 6.07 Å². The highest BCUT2D eigenvalue weighted by molar-refractivity contribution is 5.29. The van der Waals surface area contributed by atoms with E-state index in [9.17, 15) is 0 Å². The highest BCUT2D eigenvalue weighted by Gasteiger charge is 1.91. The molecule has 0 saturated heterocycles. The Morgan fingerprint density at radius 3 is 2.36 bits per heavy atom. The highest BCUT2D eigenvalue weighted by Crippen LogP contribution is 2.02. The molecule has 0 fully saturated rings. The van der Waals surface area contributed by atoms with E-state index in [1.807, 2.05) is 28.8 Å². The summed E-state index contributed by atoms with van der Waals surface area (Å²) in [7, 11) is 0. The van der Waals surface area contributed by atoms with Crippen molar-refractivity contribution in [1.82, 2.24) is 14.8 Å². The normalized spacial score (nSPS) is 9.82. The lowest BCUT2D eigenvalue weighted by Gasteiger charge is -1.96. The number of benzene rings is 1. The molecule has 0 saturated carbocycles. The van der Waals surface area contributed by atoms with Gasteiger partial charge in [0, 0.05) is 5.69 Å². The van der Waals surface area contributed by atoms with Crippen molar-refractivity contribution in [2.45, 2.75) is 0 Å². The molecule has 0 aliphatic heterocycles. The van der Waals surface area contributed by atoms with Gasteiger partial charge in [0.1, 0.15) is 12.7 Å². The lowest BCUT2D eigenvalue weighted by molar-refractivity contribution is 1.06. The number of hydrogen-bond acceptors (Lipinski definition) is 2. The predicted molar refractivity (Wildman–Crippen MR) is 40.2 cm³/mol. The van der Waals surface area contributed by atoms with Gasteiger partial charge in [-0.05, 0) is 18.2 Å². The summed E-state index contributed by atoms with van der Waals surface area (Å²) in [6, 6.07) is 10.5. The molecule has 0 aliphatic carbocycles. The van der Waals surface area contributed by atoms with E-state index < -0.39 is 0 Å². The molecule has 0 amide bonds. The Morgan fingerprint density at radius 1 is 1.09 bits per heavy atom. The fourth-order valence-corrected chi connectivity index (χ4v) is 0.884. The Hall–Kier alpha value is -1.64. The lowest BCUT2D eigenvalue weighted by atomic mass is 10.3. The molecule has 0 aliphatic rings. The zero-order chi connectivity index (χ0) is 7.52. The van der Waals surface area contributed by atoms with E-state index in [2.05, 4.69) is 16.3 Å². The third-order valence-corrected chi connectivity index (χ3v) is 1.42. The first kappa shape index (κ1) is 6.09. The van der Waals surface area contributed by atoms with Gasteiger partial charge in [-0.3, -0.25) is 4.57 Å². The molecule has 0 spiro atoms. The van der Waals surface area contributed by atoms with Gasteiger partial charge in [-0.15, -0.1) is 10.2 Å². The van der Waals surface area contributed by atoms with E-state index >= 15 is 0 Å². The molecule has 11 heavy (non-hydrogen) atoms. The summed E-state index contributed by atoms with van der Waals surface area (Å²) in [5.41, 5.74) is 1.05. The van der Waals surface area contributed by atoms with Gasteiger partial charge in [0.2, 0.25) is 0 Å². The van der Waals surface area contributed by atoms with Crippen LogP contribution in [0.25, 0.3) is 5.69 Å². The predicted octanol–water partition coefficient (Wildman–Crippen LogP) is 1.07. The minimum absolute atomic E-state index is 1.05. The van der Waals surface area contributed by atoms with Crippen LogP contribution in [-0.2, 0) is 0 Å². The number of nitrogens with zero attached hydrogens (tertiary/aromatic N) is 3. The molecule has 0 atom stereocenters. The van der Waals surface area contributed by atoms with Crippen LogP contribution in [0.4, 0.5) is 0 Å². The minimum Gasteiger partial charge on any atom is -0.288 e. The van der Waals surface area contributed by atoms with Crippen molar-refractivity contribution in [2.75, 3.05) is 0 Å². The average Bonchev–Trinajstić information content (AvgIpc) is 2.58. The molecule has 53 valence electrons. The van der Waals surface area contributed by atoms with Gasteiger partial charge in [-0.2, -0.15) is 0 Å². The van der Waals surface area contributed by atoms with Gasteiger partial charge < -0.3 is 0 Å². The fourth-order valence-electron chi connectivity index (χ4n) is 0.884. The molecular weight excluding hydrogens is 138 g/mol. The first-order chi connectivity index (χ1) is 5.47. The first-order valence-electron chi connectivity index (χ1n) is 3.28. The third-order valence-electron chi connectivity index (χ3n) is 1.42. The highest BCUT2D eigenvalue weighted by atomic mass is 15.2. The topological polar surface area (TPSA) is 30.7 Å². The summed E-state index contributed by atoms with van der Waals surface area (Å²) in [5.74, 6) is 0. The second-order valence-electron chi connectivity index (χ2n) is 2.13. The zero-order valence-electron chi connectivity index (χ0n) is 5.81. The molecule has 1 radical (unpaired) electrons. The van der Waals surface area contributed by atoms with E-state index in [4.69, 9.17) is 0 Å². The van der Waals surface area contributed by atoms with Crippen molar-refractivity contribution in [2.24, 2.45) is 0 Å². The molecular formula is C8H6N3. The van der Waals surface area contributed by atoms with Gasteiger partial charge in [-0.25, -0.2) is 0 Å². The van der Waals surface area contributed by atoms with E-state index in [1.54, 1.807) is 12.7 Å². The van der Waals surface area contributed by atoms with E-state index in [-0.39, 0.29) is 0 Å². The summed E-state index contributed by atoms with van der Waals surface area (Å²) in [4.78, 5) is 0. The molecule has 3 heteroatoms. The van der Waals surface area contributed by atoms with Gasteiger partial charge in [0.15, 0.2) is 0 Å². The second kappa shape index (κ2) is 2.54. The maximum absolute atomic E-state index is 3.70. The van der Waals surface area contributed by atoms with Crippen LogP contribution in [0.15, 0.2) is 36.9 Å². The van der Waals surface area contributed by atoms with E-state index in [0.717, 1.165) is 5.69 Å². The molecule has 3 nitrogen and oxygen atoms in total. The average molecular weight is 144 g/mol. The summed E-state index contributed by atoms with van der Waals surface area (Å²) in [6.07, 6.45) is 3.32. The van der Waals surface area contributed by atoms with Crippen LogP contribution >= 0.6 is 0 Å². The molecule has 0 unspecified atom stereocenters. The van der Waals surface area contributed by atoms with Crippen molar-refractivity contribution in [3.8, 4) is 5.69 Å². The van der Waals surface area contributed by atoms with Gasteiger partial charge >= 0.3 is 0 Å². The smallest absolute Gasteiger partial charge is 0.123 e. The van der Waals surface area contributed by atoms with Gasteiger partial charge in [0.05, 0.1) is 0 Å². The van der Waals surface area contributed by atoms with Crippen molar-refractivity contribution in [3.63, 3.8) is 0 Å². The van der Waals surface area contributed by atoms with Crippen molar-refractivity contribution in [3.05, 3.63) is 43.0 Å². The monoisotopic (exact) mass is 144 g/mol. The fraction of sp³-hybridized carbons (Fsp3) is 0. The first-order valence-corrected chi connectivity index (χ1v) is 3.28. The minimum atomic E-state index is 1.05. The molecule has 2 aromatic rings. The largest absolute Gasteiger partial charge is 0.288 e. The van der Waals surface area contributed by atoms with E-state index in [0.29, 0.717) is 0 Å². The summed E-state index contributed by atoms with van der Waals surface area (Å²) >= 11 is 0. The van der Waals surface area contributed by atoms with Crippen molar-refractivity contribution >= 4 is 0 Å². The van der Waals surface area contributed by atoms with Crippen molar-refractivity contribution in [1.29, 1.82) is 0 Å². The molecule has 0 N–H and O–H groups in total. The second-order valence-corrected chi connectivity index (χ2v) is 2.13. The van der Waals surface area contributed by atoms with Crippen molar-refractivity contribution < 1.29 is 0 Å². The number of hydrogen-bond donors (Lipinski definition) is 0. The Morgan fingerprint density at radius 2 is 1.73 bits per heavy atom. The molecule has 0 bridgehead atoms. The Labute approximate surface area is 64.3 Å². The standard InChI is InChI=1S/C8H6N3/c1-2-4-8(5-3-1)11-6-9-10-7-11/h2-7H. The summed E-state index contributed by atoms with van der Waals surface area (Å²) in [6.45, 7) is 0. The van der Waals surface area contributed by atoms with Crippen LogP contribution in [0.1, 0.15) is 0 Å². The molecule has 1 aromatic carbocycles. The lowest BCUT2D eigenvalue weighted by Crippen LogP contribution is -1.87. The number of rotatable bonds is 1. The third kappa shape index (κ3) is 1.12. The maximum atomic E-state index is 3.70. The maximum Gasteiger partial charge on any atom is 0.123 e. The van der Waals surface area contributed by atoms with Gasteiger partial charge in [-0.1, -0.05) is 12.1 Å². The van der Waals surface area contributed by atoms with Crippen LogP contribution in [-0.4, -0.2) is 14.8 Å². The van der Waals surface area contributed by atoms with Crippen LogP contribution in [0.2, 0.25) is 0 Å².